The van der Waals surface area contributed by atoms with Crippen LogP contribution < -0.4 is 5.32 Å². The SMILES string of the molecule is Cc1ccc(S(C)(=O)=O)cc1C(=O)NC1CCN(Cc2ccc(Cl)cc2)CC1. The molecule has 2 aromatic rings. The van der Waals surface area contributed by atoms with E-state index in [0.717, 1.165) is 49.3 Å². The third-order valence-electron chi connectivity index (χ3n) is 5.12. The fourth-order valence-corrected chi connectivity index (χ4v) is 4.20. The van der Waals surface area contributed by atoms with E-state index in [1.165, 1.54) is 17.7 Å². The fraction of sp³-hybridized carbons (Fsp3) is 0.381. The maximum absolute atomic E-state index is 12.7. The molecule has 0 radical (unpaired) electrons. The van der Waals surface area contributed by atoms with Crippen LogP contribution in [0.15, 0.2) is 47.4 Å². The first-order valence-corrected chi connectivity index (χ1v) is 11.6. The summed E-state index contributed by atoms with van der Waals surface area (Å²) in [5, 5.41) is 3.81. The van der Waals surface area contributed by atoms with Crippen LogP contribution in [-0.2, 0) is 16.4 Å². The van der Waals surface area contributed by atoms with E-state index in [9.17, 15) is 13.2 Å². The van der Waals surface area contributed by atoms with Crippen molar-refractivity contribution in [3.8, 4) is 0 Å². The summed E-state index contributed by atoms with van der Waals surface area (Å²) in [6.07, 6.45) is 2.88. The van der Waals surface area contributed by atoms with Gasteiger partial charge in [-0.3, -0.25) is 9.69 Å². The van der Waals surface area contributed by atoms with Crippen molar-refractivity contribution >= 4 is 27.3 Å². The van der Waals surface area contributed by atoms with Crippen molar-refractivity contribution < 1.29 is 13.2 Å². The number of sulfone groups is 1. The van der Waals surface area contributed by atoms with Gasteiger partial charge in [-0.05, 0) is 55.2 Å². The van der Waals surface area contributed by atoms with Gasteiger partial charge in [0.1, 0.15) is 0 Å². The Kier molecular flexibility index (Phi) is 6.43. The highest BCUT2D eigenvalue weighted by molar-refractivity contribution is 7.90. The molecule has 1 fully saturated rings. The van der Waals surface area contributed by atoms with Gasteiger partial charge in [0.2, 0.25) is 0 Å². The topological polar surface area (TPSA) is 66.5 Å². The third-order valence-corrected chi connectivity index (χ3v) is 6.49. The number of hydrogen-bond acceptors (Lipinski definition) is 4. The number of carbonyl (C=O) groups excluding carboxylic acids is 1. The molecule has 0 spiro atoms. The summed E-state index contributed by atoms with van der Waals surface area (Å²) in [5.74, 6) is -0.209. The summed E-state index contributed by atoms with van der Waals surface area (Å²) in [4.78, 5) is 15.2. The molecule has 1 aliphatic heterocycles. The van der Waals surface area contributed by atoms with E-state index in [2.05, 4.69) is 10.2 Å². The van der Waals surface area contributed by atoms with Crippen LogP contribution in [0.2, 0.25) is 5.02 Å². The number of nitrogens with zero attached hydrogens (tertiary/aromatic N) is 1. The summed E-state index contributed by atoms with van der Waals surface area (Å²) >= 11 is 5.93. The van der Waals surface area contributed by atoms with E-state index < -0.39 is 9.84 Å². The maximum atomic E-state index is 12.7. The van der Waals surface area contributed by atoms with Crippen LogP contribution in [0.4, 0.5) is 0 Å². The highest BCUT2D eigenvalue weighted by Gasteiger charge is 2.22. The van der Waals surface area contributed by atoms with E-state index in [4.69, 9.17) is 11.6 Å². The molecule has 5 nitrogen and oxygen atoms in total. The van der Waals surface area contributed by atoms with Crippen LogP contribution in [0.3, 0.4) is 0 Å². The second-order valence-electron chi connectivity index (χ2n) is 7.40. The molecule has 0 aromatic heterocycles. The minimum atomic E-state index is -3.34. The molecule has 0 bridgehead atoms. The molecule has 150 valence electrons. The summed E-state index contributed by atoms with van der Waals surface area (Å²) in [6.45, 7) is 4.48. The average molecular weight is 421 g/mol. The van der Waals surface area contributed by atoms with Crippen LogP contribution in [0.1, 0.15) is 34.3 Å². The Labute approximate surface area is 171 Å². The zero-order chi connectivity index (χ0) is 20.3. The molecule has 0 unspecified atom stereocenters. The first-order chi connectivity index (χ1) is 13.2. The predicted molar refractivity (Wildman–Crippen MR) is 112 cm³/mol. The highest BCUT2D eigenvalue weighted by Crippen LogP contribution is 2.19. The van der Waals surface area contributed by atoms with E-state index in [1.54, 1.807) is 6.07 Å². The van der Waals surface area contributed by atoms with E-state index in [-0.39, 0.29) is 16.8 Å². The van der Waals surface area contributed by atoms with Crippen LogP contribution in [0.5, 0.6) is 0 Å². The molecule has 0 aliphatic carbocycles. The van der Waals surface area contributed by atoms with Crippen LogP contribution in [0.25, 0.3) is 0 Å². The largest absolute Gasteiger partial charge is 0.349 e. The van der Waals surface area contributed by atoms with Gasteiger partial charge < -0.3 is 5.32 Å². The Balaban J connectivity index is 1.57. The smallest absolute Gasteiger partial charge is 0.251 e. The number of rotatable bonds is 5. The number of likely N-dealkylation sites (tertiary alicyclic amines) is 1. The number of benzene rings is 2. The highest BCUT2D eigenvalue weighted by atomic mass is 35.5. The number of nitrogens with one attached hydrogen (secondary N) is 1. The van der Waals surface area contributed by atoms with Crippen LogP contribution in [-0.4, -0.2) is 44.6 Å². The Morgan fingerprint density at radius 1 is 1.14 bits per heavy atom. The molecule has 28 heavy (non-hydrogen) atoms. The van der Waals surface area contributed by atoms with Crippen molar-refractivity contribution in [1.82, 2.24) is 10.2 Å². The predicted octanol–water partition coefficient (Wildman–Crippen LogP) is 3.45. The van der Waals surface area contributed by atoms with Gasteiger partial charge in [-0.1, -0.05) is 29.8 Å². The number of aryl methyl sites for hydroxylation is 1. The van der Waals surface area contributed by atoms with Crippen LogP contribution >= 0.6 is 11.6 Å². The third kappa shape index (κ3) is 5.34. The van der Waals surface area contributed by atoms with E-state index >= 15 is 0 Å². The van der Waals surface area contributed by atoms with Crippen molar-refractivity contribution in [2.24, 2.45) is 0 Å². The number of piperidine rings is 1. The van der Waals surface area contributed by atoms with E-state index in [0.29, 0.717) is 5.56 Å². The van der Waals surface area contributed by atoms with Crippen molar-refractivity contribution in [2.75, 3.05) is 19.3 Å². The van der Waals surface area contributed by atoms with Gasteiger partial charge in [-0.15, -0.1) is 0 Å². The zero-order valence-corrected chi connectivity index (χ0v) is 17.7. The molecule has 0 atom stereocenters. The minimum absolute atomic E-state index is 0.0928. The number of hydrogen-bond donors (Lipinski definition) is 1. The molecule has 0 saturated carbocycles. The van der Waals surface area contributed by atoms with Gasteiger partial charge >= 0.3 is 0 Å². The first kappa shape index (κ1) is 20.8. The Bertz CT molecular complexity index is 950. The standard InChI is InChI=1S/C21H25ClN2O3S/c1-15-3-8-19(28(2,26)27)13-20(15)21(25)23-18-9-11-24(12-10-18)14-16-4-6-17(22)7-5-16/h3-8,13,18H,9-12,14H2,1-2H3,(H,23,25). The van der Waals surface area contributed by atoms with Gasteiger partial charge in [0, 0.05) is 42.5 Å². The molecule has 1 saturated heterocycles. The molecular formula is C21H25ClN2O3S. The summed E-state index contributed by atoms with van der Waals surface area (Å²) < 4.78 is 23.5. The van der Waals surface area contributed by atoms with Crippen molar-refractivity contribution in [1.29, 1.82) is 0 Å². The Morgan fingerprint density at radius 2 is 1.79 bits per heavy atom. The maximum Gasteiger partial charge on any atom is 0.251 e. The lowest BCUT2D eigenvalue weighted by Crippen LogP contribution is -2.44. The van der Waals surface area contributed by atoms with Crippen molar-refractivity contribution in [2.45, 2.75) is 37.2 Å². The second kappa shape index (κ2) is 8.64. The van der Waals surface area contributed by atoms with Gasteiger partial charge in [-0.25, -0.2) is 8.42 Å². The van der Waals surface area contributed by atoms with Gasteiger partial charge in [0.25, 0.3) is 5.91 Å². The molecule has 1 amide bonds. The molecule has 1 heterocycles. The van der Waals surface area contributed by atoms with Crippen molar-refractivity contribution in [3.63, 3.8) is 0 Å². The molecule has 3 rings (SSSR count). The van der Waals surface area contributed by atoms with Crippen molar-refractivity contribution in [3.05, 3.63) is 64.2 Å². The molecule has 2 aromatic carbocycles. The monoisotopic (exact) mass is 420 g/mol. The summed E-state index contributed by atoms with van der Waals surface area (Å²) in [5.41, 5.74) is 2.41. The van der Waals surface area contributed by atoms with E-state index in [1.807, 2.05) is 31.2 Å². The molecule has 7 heteroatoms. The number of amides is 1. The molecular weight excluding hydrogens is 396 g/mol. The normalized spacial score (nSPS) is 16.1. The molecule has 1 N–H and O–H groups in total. The average Bonchev–Trinajstić information content (AvgIpc) is 2.64. The quantitative estimate of drug-likeness (QED) is 0.804. The summed E-state index contributed by atoms with van der Waals surface area (Å²) in [7, 11) is -3.34. The summed E-state index contributed by atoms with van der Waals surface area (Å²) in [6, 6.07) is 12.6. The number of halogens is 1. The lowest BCUT2D eigenvalue weighted by Gasteiger charge is -2.32. The van der Waals surface area contributed by atoms with Gasteiger partial charge in [0.15, 0.2) is 9.84 Å². The Morgan fingerprint density at radius 3 is 2.39 bits per heavy atom. The lowest BCUT2D eigenvalue weighted by molar-refractivity contribution is 0.0908. The minimum Gasteiger partial charge on any atom is -0.349 e. The first-order valence-electron chi connectivity index (χ1n) is 9.31. The second-order valence-corrected chi connectivity index (χ2v) is 9.85. The Hall–Kier alpha value is -1.89. The lowest BCUT2D eigenvalue weighted by atomic mass is 10.0. The van der Waals surface area contributed by atoms with Gasteiger partial charge in [-0.2, -0.15) is 0 Å². The number of carbonyl (C=O) groups is 1. The zero-order valence-electron chi connectivity index (χ0n) is 16.1. The van der Waals surface area contributed by atoms with Gasteiger partial charge in [0.05, 0.1) is 4.90 Å². The van der Waals surface area contributed by atoms with Crippen LogP contribution in [0, 0.1) is 6.92 Å². The molecule has 1 aliphatic rings. The fourth-order valence-electron chi connectivity index (χ4n) is 3.42.